The first-order valence-corrected chi connectivity index (χ1v) is 8.04. The molecule has 126 valence electrons. The largest absolute Gasteiger partial charge is 0.493 e. The van der Waals surface area contributed by atoms with E-state index >= 15 is 0 Å². The van der Waals surface area contributed by atoms with Crippen LogP contribution in [0.25, 0.3) is 0 Å². The number of para-hydroxylation sites is 1. The van der Waals surface area contributed by atoms with Crippen LogP contribution in [0.2, 0.25) is 0 Å². The summed E-state index contributed by atoms with van der Waals surface area (Å²) < 4.78 is 5.72. The van der Waals surface area contributed by atoms with Crippen molar-refractivity contribution in [2.75, 3.05) is 31.6 Å². The van der Waals surface area contributed by atoms with Crippen LogP contribution in [0.5, 0.6) is 5.75 Å². The minimum Gasteiger partial charge on any atom is -0.493 e. The molecule has 7 nitrogen and oxygen atoms in total. The minimum atomic E-state index is -0.176. The zero-order chi connectivity index (χ0) is 16.6. The number of hydrogen-bond donors (Lipinski definition) is 3. The molecule has 0 saturated carbocycles. The fourth-order valence-electron chi connectivity index (χ4n) is 2.56. The molecule has 1 atom stereocenters. The monoisotopic (exact) mass is 327 g/mol. The molecule has 0 unspecified atom stereocenters. The number of anilines is 1. The fourth-order valence-corrected chi connectivity index (χ4v) is 2.56. The van der Waals surface area contributed by atoms with Crippen molar-refractivity contribution in [3.8, 4) is 5.75 Å². The van der Waals surface area contributed by atoms with Gasteiger partial charge in [-0.15, -0.1) is 0 Å². The molecule has 3 rings (SSSR count). The van der Waals surface area contributed by atoms with Gasteiger partial charge in [-0.2, -0.15) is 0 Å². The molecule has 0 radical (unpaired) electrons. The van der Waals surface area contributed by atoms with Crippen molar-refractivity contribution in [3.05, 3.63) is 48.3 Å². The summed E-state index contributed by atoms with van der Waals surface area (Å²) in [5.41, 5.74) is 1.20. The van der Waals surface area contributed by atoms with Gasteiger partial charge < -0.3 is 20.7 Å². The Bertz CT molecular complexity index is 665. The van der Waals surface area contributed by atoms with Crippen molar-refractivity contribution in [2.45, 2.75) is 6.42 Å². The van der Waals surface area contributed by atoms with Gasteiger partial charge in [-0.05, 0) is 24.1 Å². The molecule has 1 aliphatic heterocycles. The minimum absolute atomic E-state index is 0.176. The van der Waals surface area contributed by atoms with Crippen molar-refractivity contribution in [1.82, 2.24) is 20.6 Å². The van der Waals surface area contributed by atoms with Crippen molar-refractivity contribution in [2.24, 2.45) is 5.92 Å². The zero-order valence-corrected chi connectivity index (χ0v) is 13.4. The second-order valence-corrected chi connectivity index (χ2v) is 5.62. The number of rotatable bonds is 6. The van der Waals surface area contributed by atoms with Crippen LogP contribution in [0.4, 0.5) is 10.7 Å². The third-order valence-corrected chi connectivity index (χ3v) is 3.77. The summed E-state index contributed by atoms with van der Waals surface area (Å²) in [6, 6.07) is 9.61. The molecule has 7 heteroatoms. The SMILES string of the molecule is O=C(NCCNc1ncccn1)NC[C@@H]1COc2ccccc2C1. The summed E-state index contributed by atoms with van der Waals surface area (Å²) in [6.07, 6.45) is 4.25. The Morgan fingerprint density at radius 3 is 2.83 bits per heavy atom. The molecule has 0 aliphatic carbocycles. The highest BCUT2D eigenvalue weighted by Crippen LogP contribution is 2.26. The van der Waals surface area contributed by atoms with E-state index in [0.29, 0.717) is 38.1 Å². The fraction of sp³-hybridized carbons (Fsp3) is 0.353. The summed E-state index contributed by atoms with van der Waals surface area (Å²) in [6.45, 7) is 2.28. The van der Waals surface area contributed by atoms with Gasteiger partial charge in [0.1, 0.15) is 5.75 Å². The molecule has 0 fully saturated rings. The Kier molecular flexibility index (Phi) is 5.44. The lowest BCUT2D eigenvalue weighted by molar-refractivity contribution is 0.211. The Morgan fingerprint density at radius 2 is 1.96 bits per heavy atom. The topological polar surface area (TPSA) is 88.2 Å². The van der Waals surface area contributed by atoms with E-state index < -0.39 is 0 Å². The van der Waals surface area contributed by atoms with Gasteiger partial charge in [0.15, 0.2) is 0 Å². The van der Waals surface area contributed by atoms with Gasteiger partial charge in [0.05, 0.1) is 6.61 Å². The van der Waals surface area contributed by atoms with Crippen LogP contribution in [-0.4, -0.2) is 42.2 Å². The normalized spacial score (nSPS) is 15.8. The number of nitrogens with one attached hydrogen (secondary N) is 3. The lowest BCUT2D eigenvalue weighted by Crippen LogP contribution is -2.42. The van der Waals surface area contributed by atoms with Crippen LogP contribution in [-0.2, 0) is 6.42 Å². The lowest BCUT2D eigenvalue weighted by Gasteiger charge is -2.25. The first-order chi connectivity index (χ1) is 11.8. The van der Waals surface area contributed by atoms with E-state index in [1.165, 1.54) is 5.56 Å². The second kappa shape index (κ2) is 8.14. The molecule has 0 bridgehead atoms. The van der Waals surface area contributed by atoms with Gasteiger partial charge in [-0.3, -0.25) is 0 Å². The third-order valence-electron chi connectivity index (χ3n) is 3.77. The second-order valence-electron chi connectivity index (χ2n) is 5.62. The molecular formula is C17H21N5O2. The highest BCUT2D eigenvalue weighted by molar-refractivity contribution is 5.73. The number of benzene rings is 1. The van der Waals surface area contributed by atoms with Crippen molar-refractivity contribution in [1.29, 1.82) is 0 Å². The highest BCUT2D eigenvalue weighted by atomic mass is 16.5. The first-order valence-electron chi connectivity index (χ1n) is 8.04. The number of hydrogen-bond acceptors (Lipinski definition) is 5. The quantitative estimate of drug-likeness (QED) is 0.699. The van der Waals surface area contributed by atoms with E-state index in [9.17, 15) is 4.79 Å². The molecular weight excluding hydrogens is 306 g/mol. The average Bonchev–Trinajstić information content (AvgIpc) is 2.64. The molecule has 1 aromatic heterocycles. The van der Waals surface area contributed by atoms with Crippen LogP contribution in [0, 0.1) is 5.92 Å². The van der Waals surface area contributed by atoms with Crippen LogP contribution in [0.3, 0.4) is 0 Å². The van der Waals surface area contributed by atoms with Crippen molar-refractivity contribution in [3.63, 3.8) is 0 Å². The Balaban J connectivity index is 1.32. The van der Waals surface area contributed by atoms with Crippen LogP contribution < -0.4 is 20.7 Å². The number of urea groups is 1. The summed E-state index contributed by atoms with van der Waals surface area (Å²) in [7, 11) is 0. The van der Waals surface area contributed by atoms with Crippen LogP contribution in [0.1, 0.15) is 5.56 Å². The molecule has 2 aromatic rings. The Hall–Kier alpha value is -2.83. The molecule has 24 heavy (non-hydrogen) atoms. The first kappa shape index (κ1) is 16.0. The summed E-state index contributed by atoms with van der Waals surface area (Å²) in [4.78, 5) is 19.9. The van der Waals surface area contributed by atoms with Gasteiger partial charge in [-0.25, -0.2) is 14.8 Å². The van der Waals surface area contributed by atoms with E-state index in [1.54, 1.807) is 18.5 Å². The Morgan fingerprint density at radius 1 is 1.12 bits per heavy atom. The Labute approximate surface area is 140 Å². The number of carbonyl (C=O) groups is 1. The van der Waals surface area contributed by atoms with E-state index in [-0.39, 0.29) is 6.03 Å². The summed E-state index contributed by atoms with van der Waals surface area (Å²) in [5, 5.41) is 8.73. The molecule has 1 aromatic carbocycles. The van der Waals surface area contributed by atoms with Crippen LogP contribution >= 0.6 is 0 Å². The highest BCUT2D eigenvalue weighted by Gasteiger charge is 2.19. The zero-order valence-electron chi connectivity index (χ0n) is 13.4. The van der Waals surface area contributed by atoms with Gasteiger partial charge >= 0.3 is 6.03 Å². The van der Waals surface area contributed by atoms with E-state index in [4.69, 9.17) is 4.74 Å². The number of aromatic nitrogens is 2. The van der Waals surface area contributed by atoms with Gasteiger partial charge in [0.25, 0.3) is 0 Å². The van der Waals surface area contributed by atoms with Crippen LogP contribution in [0.15, 0.2) is 42.7 Å². The smallest absolute Gasteiger partial charge is 0.314 e. The summed E-state index contributed by atoms with van der Waals surface area (Å²) >= 11 is 0. The predicted molar refractivity (Wildman–Crippen MR) is 91.1 cm³/mol. The molecule has 0 saturated heterocycles. The maximum atomic E-state index is 11.8. The van der Waals surface area contributed by atoms with Gasteiger partial charge in [0, 0.05) is 37.9 Å². The molecule has 1 aliphatic rings. The molecule has 2 amide bonds. The molecule has 0 spiro atoms. The predicted octanol–water partition coefficient (Wildman–Crippen LogP) is 1.44. The standard InChI is InChI=1S/C17H21N5O2/c23-17(21-9-8-20-16-18-6-3-7-19-16)22-11-13-10-14-4-1-2-5-15(14)24-12-13/h1-7,13H,8-12H2,(H,18,19,20)(H2,21,22,23)/t13-/m1/s1. The van der Waals surface area contributed by atoms with Crippen molar-refractivity contribution < 1.29 is 9.53 Å². The molecule has 2 heterocycles. The van der Waals surface area contributed by atoms with E-state index in [1.807, 2.05) is 18.2 Å². The maximum absolute atomic E-state index is 11.8. The van der Waals surface area contributed by atoms with Gasteiger partial charge in [-0.1, -0.05) is 18.2 Å². The number of fused-ring (bicyclic) bond motifs is 1. The number of nitrogens with zero attached hydrogens (tertiary/aromatic N) is 2. The molecule has 3 N–H and O–H groups in total. The maximum Gasteiger partial charge on any atom is 0.314 e. The van der Waals surface area contributed by atoms with Crippen molar-refractivity contribution >= 4 is 12.0 Å². The third kappa shape index (κ3) is 4.58. The number of ether oxygens (including phenoxy) is 1. The lowest BCUT2D eigenvalue weighted by atomic mass is 9.97. The number of carbonyl (C=O) groups excluding carboxylic acids is 1. The average molecular weight is 327 g/mol. The van der Waals surface area contributed by atoms with E-state index in [0.717, 1.165) is 12.2 Å². The number of amides is 2. The summed E-state index contributed by atoms with van der Waals surface area (Å²) in [5.74, 6) is 1.80. The van der Waals surface area contributed by atoms with Gasteiger partial charge in [0.2, 0.25) is 5.95 Å². The van der Waals surface area contributed by atoms with E-state index in [2.05, 4.69) is 32.0 Å².